The van der Waals surface area contributed by atoms with Crippen LogP contribution in [0.15, 0.2) is 60.7 Å². The van der Waals surface area contributed by atoms with E-state index in [-0.39, 0.29) is 0 Å². The third-order valence-corrected chi connectivity index (χ3v) is 4.59. The maximum absolute atomic E-state index is 5.75. The Morgan fingerprint density at radius 2 is 1.79 bits per heavy atom. The van der Waals surface area contributed by atoms with E-state index < -0.39 is 0 Å². The molecule has 0 unspecified atom stereocenters. The topological polar surface area (TPSA) is 74.9 Å². The molecule has 0 saturated heterocycles. The summed E-state index contributed by atoms with van der Waals surface area (Å²) in [5.74, 6) is 3.14. The molecule has 0 amide bonds. The van der Waals surface area contributed by atoms with Crippen LogP contribution in [0.4, 0.5) is 23.1 Å². The number of unbranched alkanes of at least 4 members (excludes halogenated alkanes) is 1. The Labute approximate surface area is 170 Å². The van der Waals surface area contributed by atoms with Crippen molar-refractivity contribution in [2.45, 2.75) is 26.7 Å². The first-order chi connectivity index (χ1) is 14.2. The maximum atomic E-state index is 5.75. The maximum Gasteiger partial charge on any atom is 0.153 e. The Hall–Kier alpha value is -3.54. The molecule has 6 nitrogen and oxygen atoms in total. The molecular formula is C23H25N5O. The van der Waals surface area contributed by atoms with Crippen LogP contribution >= 0.6 is 0 Å². The number of aromatic nitrogens is 3. The predicted octanol–water partition coefficient (Wildman–Crippen LogP) is 5.93. The van der Waals surface area contributed by atoms with Gasteiger partial charge in [0.1, 0.15) is 17.4 Å². The van der Waals surface area contributed by atoms with Gasteiger partial charge < -0.3 is 15.4 Å². The zero-order valence-electron chi connectivity index (χ0n) is 16.7. The highest BCUT2D eigenvalue weighted by Gasteiger charge is 2.08. The third kappa shape index (κ3) is 4.66. The second-order valence-corrected chi connectivity index (χ2v) is 6.99. The second-order valence-electron chi connectivity index (χ2n) is 6.99. The van der Waals surface area contributed by atoms with E-state index in [4.69, 9.17) is 9.72 Å². The van der Waals surface area contributed by atoms with E-state index in [1.807, 2.05) is 55.5 Å². The number of fused-ring (bicyclic) bond motifs is 1. The van der Waals surface area contributed by atoms with Gasteiger partial charge in [-0.1, -0.05) is 37.6 Å². The number of nitrogens with one attached hydrogen (secondary N) is 3. The molecule has 4 rings (SSSR count). The highest BCUT2D eigenvalue weighted by Crippen LogP contribution is 2.29. The Bertz CT molecular complexity index is 1090. The Morgan fingerprint density at radius 3 is 2.55 bits per heavy atom. The van der Waals surface area contributed by atoms with E-state index >= 15 is 0 Å². The SMILES string of the molecule is CCCCOc1ccc(Nc2nc(Nc3cc(C)[nH]n3)cc3ccccc23)cc1. The van der Waals surface area contributed by atoms with Crippen LogP contribution < -0.4 is 15.4 Å². The number of pyridine rings is 1. The second kappa shape index (κ2) is 8.65. The largest absolute Gasteiger partial charge is 0.494 e. The lowest BCUT2D eigenvalue weighted by Gasteiger charge is -2.13. The van der Waals surface area contributed by atoms with E-state index in [9.17, 15) is 0 Å². The summed E-state index contributed by atoms with van der Waals surface area (Å²) in [6.07, 6.45) is 2.19. The molecule has 0 saturated carbocycles. The summed E-state index contributed by atoms with van der Waals surface area (Å²) in [5.41, 5.74) is 1.95. The van der Waals surface area contributed by atoms with Gasteiger partial charge in [-0.2, -0.15) is 5.10 Å². The van der Waals surface area contributed by atoms with Gasteiger partial charge in [-0.3, -0.25) is 5.10 Å². The number of hydrogen-bond donors (Lipinski definition) is 3. The molecule has 2 aromatic carbocycles. The van der Waals surface area contributed by atoms with Crippen molar-refractivity contribution in [3.05, 3.63) is 66.4 Å². The fourth-order valence-corrected chi connectivity index (χ4v) is 3.08. The average Bonchev–Trinajstić information content (AvgIpc) is 3.14. The molecule has 0 aliphatic heterocycles. The van der Waals surface area contributed by atoms with Crippen molar-refractivity contribution in [3.8, 4) is 5.75 Å². The van der Waals surface area contributed by atoms with Crippen molar-refractivity contribution >= 4 is 33.9 Å². The van der Waals surface area contributed by atoms with E-state index in [2.05, 4.69) is 39.9 Å². The van der Waals surface area contributed by atoms with Gasteiger partial charge in [-0.15, -0.1) is 0 Å². The van der Waals surface area contributed by atoms with Crippen LogP contribution in [0, 0.1) is 6.92 Å². The summed E-state index contributed by atoms with van der Waals surface area (Å²) in [4.78, 5) is 4.78. The molecule has 0 fully saturated rings. The van der Waals surface area contributed by atoms with Crippen LogP contribution in [-0.2, 0) is 0 Å². The number of aryl methyl sites for hydroxylation is 1. The molecule has 3 N–H and O–H groups in total. The summed E-state index contributed by atoms with van der Waals surface area (Å²) >= 11 is 0. The fraction of sp³-hybridized carbons (Fsp3) is 0.217. The van der Waals surface area contributed by atoms with Crippen molar-refractivity contribution in [1.82, 2.24) is 15.2 Å². The van der Waals surface area contributed by atoms with Crippen LogP contribution in [0.3, 0.4) is 0 Å². The molecule has 2 aromatic heterocycles. The smallest absolute Gasteiger partial charge is 0.153 e. The van der Waals surface area contributed by atoms with Crippen LogP contribution in [0.5, 0.6) is 5.75 Å². The lowest BCUT2D eigenvalue weighted by molar-refractivity contribution is 0.309. The minimum absolute atomic E-state index is 0.734. The van der Waals surface area contributed by atoms with Crippen molar-refractivity contribution in [1.29, 1.82) is 0 Å². The minimum atomic E-state index is 0.734. The van der Waals surface area contributed by atoms with E-state index in [0.717, 1.165) is 64.8 Å². The molecule has 4 aromatic rings. The van der Waals surface area contributed by atoms with E-state index in [0.29, 0.717) is 0 Å². The van der Waals surface area contributed by atoms with Gasteiger partial charge in [0.05, 0.1) is 6.61 Å². The molecule has 6 heteroatoms. The standard InChI is InChI=1S/C23H25N5O/c1-3-4-13-29-19-11-9-18(10-12-19)24-23-20-8-6-5-7-17(20)15-21(26-23)25-22-14-16(2)27-28-22/h5-12,14-15H,3-4,13H2,1-2H3,(H3,24,25,26,27,28). The summed E-state index contributed by atoms with van der Waals surface area (Å²) in [5, 5.41) is 16.0. The highest BCUT2D eigenvalue weighted by atomic mass is 16.5. The zero-order valence-corrected chi connectivity index (χ0v) is 16.7. The third-order valence-electron chi connectivity index (χ3n) is 4.59. The molecule has 29 heavy (non-hydrogen) atoms. The number of hydrogen-bond acceptors (Lipinski definition) is 5. The highest BCUT2D eigenvalue weighted by molar-refractivity contribution is 5.95. The molecule has 0 aliphatic carbocycles. The number of aromatic amines is 1. The summed E-state index contributed by atoms with van der Waals surface area (Å²) in [7, 11) is 0. The molecule has 148 valence electrons. The van der Waals surface area contributed by atoms with Gasteiger partial charge in [0.2, 0.25) is 0 Å². The summed E-state index contributed by atoms with van der Waals surface area (Å²) in [6.45, 7) is 4.87. The van der Waals surface area contributed by atoms with Crippen molar-refractivity contribution in [3.63, 3.8) is 0 Å². The fourth-order valence-electron chi connectivity index (χ4n) is 3.08. The van der Waals surface area contributed by atoms with Crippen molar-refractivity contribution in [2.24, 2.45) is 0 Å². The van der Waals surface area contributed by atoms with Gasteiger partial charge in [-0.25, -0.2) is 4.98 Å². The quantitative estimate of drug-likeness (QED) is 0.327. The Balaban J connectivity index is 1.58. The molecule has 0 spiro atoms. The number of anilines is 4. The van der Waals surface area contributed by atoms with E-state index in [1.54, 1.807) is 0 Å². The normalized spacial score (nSPS) is 10.8. The summed E-state index contributed by atoms with van der Waals surface area (Å²) in [6, 6.07) is 20.1. The number of benzene rings is 2. The Morgan fingerprint density at radius 1 is 0.966 bits per heavy atom. The van der Waals surface area contributed by atoms with Gasteiger partial charge in [-0.05, 0) is 49.1 Å². The predicted molar refractivity (Wildman–Crippen MR) is 118 cm³/mol. The van der Waals surface area contributed by atoms with Crippen LogP contribution in [0.1, 0.15) is 25.5 Å². The van der Waals surface area contributed by atoms with E-state index in [1.165, 1.54) is 0 Å². The summed E-state index contributed by atoms with van der Waals surface area (Å²) < 4.78 is 5.75. The molecular weight excluding hydrogens is 362 g/mol. The number of rotatable bonds is 8. The lowest BCUT2D eigenvalue weighted by atomic mass is 10.1. The monoisotopic (exact) mass is 387 g/mol. The van der Waals surface area contributed by atoms with Crippen molar-refractivity contribution in [2.75, 3.05) is 17.2 Å². The minimum Gasteiger partial charge on any atom is -0.494 e. The molecule has 0 aliphatic rings. The number of H-pyrrole nitrogens is 1. The van der Waals surface area contributed by atoms with Gasteiger partial charge in [0.25, 0.3) is 0 Å². The molecule has 2 heterocycles. The first-order valence-corrected chi connectivity index (χ1v) is 9.90. The van der Waals surface area contributed by atoms with Crippen LogP contribution in [-0.4, -0.2) is 21.8 Å². The van der Waals surface area contributed by atoms with Crippen LogP contribution in [0.25, 0.3) is 10.8 Å². The first kappa shape index (κ1) is 18.8. The van der Waals surface area contributed by atoms with Gasteiger partial charge in [0.15, 0.2) is 5.82 Å². The molecule has 0 atom stereocenters. The number of nitrogens with zero attached hydrogens (tertiary/aromatic N) is 2. The molecule has 0 bridgehead atoms. The molecule has 0 radical (unpaired) electrons. The first-order valence-electron chi connectivity index (χ1n) is 9.90. The lowest BCUT2D eigenvalue weighted by Crippen LogP contribution is -2.00. The average molecular weight is 387 g/mol. The Kier molecular flexibility index (Phi) is 5.61. The van der Waals surface area contributed by atoms with Gasteiger partial charge in [0, 0.05) is 22.8 Å². The number of ether oxygens (including phenoxy) is 1. The zero-order chi connectivity index (χ0) is 20.1. The van der Waals surface area contributed by atoms with Gasteiger partial charge >= 0.3 is 0 Å². The van der Waals surface area contributed by atoms with Crippen molar-refractivity contribution < 1.29 is 4.74 Å². The van der Waals surface area contributed by atoms with Crippen LogP contribution in [0.2, 0.25) is 0 Å².